The van der Waals surface area contributed by atoms with Gasteiger partial charge in [-0.25, -0.2) is 0 Å². The summed E-state index contributed by atoms with van der Waals surface area (Å²) >= 11 is 0. The summed E-state index contributed by atoms with van der Waals surface area (Å²) in [6.07, 6.45) is 15.8. The number of carboxylic acid groups (broad SMARTS) is 1. The summed E-state index contributed by atoms with van der Waals surface area (Å²) in [4.78, 5) is 17.9. The van der Waals surface area contributed by atoms with E-state index in [2.05, 4.69) is 54.5 Å². The molecule has 2 aliphatic heterocycles. The van der Waals surface area contributed by atoms with E-state index in [1.807, 2.05) is 6.08 Å². The van der Waals surface area contributed by atoms with E-state index in [0.717, 1.165) is 37.1 Å². The number of nitrogens with one attached hydrogen (secondary N) is 1. The Hall–Kier alpha value is -2.86. The number of nitrogens with zero attached hydrogens (tertiary/aromatic N) is 2. The lowest BCUT2D eigenvalue weighted by Gasteiger charge is -2.36. The molecular weight excluding hydrogens is 390 g/mol. The van der Waals surface area contributed by atoms with Gasteiger partial charge in [-0.2, -0.15) is 0 Å². The minimum Gasteiger partial charge on any atom is -0.494 e. The zero-order valence-electron chi connectivity index (χ0n) is 18.5. The first-order valence-corrected chi connectivity index (χ1v) is 10.9. The molecule has 0 aromatic carbocycles. The number of aliphatic imine (C=N–C) groups is 1. The molecule has 2 heterocycles. The first-order chi connectivity index (χ1) is 14.9. The van der Waals surface area contributed by atoms with Crippen molar-refractivity contribution >= 4 is 12.2 Å². The van der Waals surface area contributed by atoms with E-state index < -0.39 is 11.9 Å². The van der Waals surface area contributed by atoms with Gasteiger partial charge in [0.2, 0.25) is 0 Å². The van der Waals surface area contributed by atoms with Crippen LogP contribution >= 0.6 is 0 Å². The van der Waals surface area contributed by atoms with Crippen LogP contribution in [0, 0.1) is 11.8 Å². The van der Waals surface area contributed by atoms with E-state index in [9.17, 15) is 9.90 Å². The summed E-state index contributed by atoms with van der Waals surface area (Å²) in [5.74, 6) is -0.0948. The van der Waals surface area contributed by atoms with Gasteiger partial charge in [0.05, 0.1) is 18.6 Å². The third-order valence-corrected chi connectivity index (χ3v) is 6.29. The van der Waals surface area contributed by atoms with Gasteiger partial charge in [-0.3, -0.25) is 9.79 Å². The number of carboxylic acids is 1. The van der Waals surface area contributed by atoms with Gasteiger partial charge in [0, 0.05) is 37.7 Å². The van der Waals surface area contributed by atoms with Crippen LogP contribution in [0.3, 0.4) is 0 Å². The van der Waals surface area contributed by atoms with Crippen molar-refractivity contribution in [1.82, 2.24) is 10.2 Å². The fourth-order valence-corrected chi connectivity index (χ4v) is 4.14. The third-order valence-electron chi connectivity index (χ3n) is 6.29. The molecule has 6 heteroatoms. The van der Waals surface area contributed by atoms with Crippen molar-refractivity contribution in [1.29, 1.82) is 0 Å². The number of ether oxygens (including phenoxy) is 1. The first-order valence-electron chi connectivity index (χ1n) is 10.9. The quantitative estimate of drug-likeness (QED) is 0.552. The maximum absolute atomic E-state index is 11.5. The molecule has 0 amide bonds. The maximum Gasteiger partial charge on any atom is 0.312 e. The molecule has 0 radical (unpaired) electrons. The van der Waals surface area contributed by atoms with Crippen molar-refractivity contribution in [3.8, 4) is 0 Å². The van der Waals surface area contributed by atoms with Crippen LogP contribution < -0.4 is 5.32 Å². The largest absolute Gasteiger partial charge is 0.494 e. The highest BCUT2D eigenvalue weighted by Gasteiger charge is 2.30. The predicted molar refractivity (Wildman–Crippen MR) is 125 cm³/mol. The second-order valence-electron chi connectivity index (χ2n) is 8.29. The van der Waals surface area contributed by atoms with Gasteiger partial charge in [0.25, 0.3) is 0 Å². The van der Waals surface area contributed by atoms with Crippen molar-refractivity contribution in [2.45, 2.75) is 38.3 Å². The molecule has 31 heavy (non-hydrogen) atoms. The van der Waals surface area contributed by atoms with Crippen LogP contribution in [0.4, 0.5) is 0 Å². The number of aliphatic carboxylic acids is 1. The van der Waals surface area contributed by atoms with Gasteiger partial charge in [0.15, 0.2) is 0 Å². The Morgan fingerprint density at radius 1 is 1.48 bits per heavy atom. The molecule has 3 unspecified atom stereocenters. The maximum atomic E-state index is 11.5. The Morgan fingerprint density at radius 3 is 3.03 bits per heavy atom. The summed E-state index contributed by atoms with van der Waals surface area (Å²) < 4.78 is 6.01. The second kappa shape index (κ2) is 10.4. The molecule has 166 valence electrons. The minimum atomic E-state index is -0.833. The molecule has 0 spiro atoms. The summed E-state index contributed by atoms with van der Waals surface area (Å²) in [6, 6.07) is -0.0501. The molecule has 0 bridgehead atoms. The fourth-order valence-electron chi connectivity index (χ4n) is 4.14. The van der Waals surface area contributed by atoms with Gasteiger partial charge in [-0.05, 0) is 49.3 Å². The lowest BCUT2D eigenvalue weighted by Crippen LogP contribution is -2.44. The van der Waals surface area contributed by atoms with E-state index in [-0.39, 0.29) is 12.1 Å². The fraction of sp³-hybridized carbons (Fsp3) is 0.440. The van der Waals surface area contributed by atoms with Crippen molar-refractivity contribution in [2.24, 2.45) is 16.8 Å². The molecule has 0 saturated heterocycles. The van der Waals surface area contributed by atoms with Gasteiger partial charge < -0.3 is 20.1 Å². The lowest BCUT2D eigenvalue weighted by atomic mass is 9.85. The summed E-state index contributed by atoms with van der Waals surface area (Å²) in [5, 5.41) is 12.8. The molecular formula is C25H33N3O3. The van der Waals surface area contributed by atoms with E-state index in [1.165, 1.54) is 11.3 Å². The second-order valence-corrected chi connectivity index (χ2v) is 8.29. The molecule has 4 atom stereocenters. The number of carbonyl (C=O) groups is 1. The molecule has 3 rings (SSSR count). The standard InChI is InChI=1S/C25H33N3O3/c1-5-17(2)6-7-18(3)28(4)20-8-9-21-19(11-13-31-24(21)14-20)15-27-23-16-26-12-10-22(23)25(29)30/h5-7,10,12,14,16,18-19,22-23,27H,1-2,8-9,11,13,15H2,3-4H3,(H,29,30)/b7-6-/t18?,19-,22?,23?/m0/s1. The molecule has 0 fully saturated rings. The Bertz CT molecular complexity index is 865. The minimum absolute atomic E-state index is 0.234. The van der Waals surface area contributed by atoms with Crippen LogP contribution in [-0.4, -0.2) is 54.5 Å². The Kier molecular flexibility index (Phi) is 7.69. The van der Waals surface area contributed by atoms with Crippen molar-refractivity contribution in [3.63, 3.8) is 0 Å². The van der Waals surface area contributed by atoms with Crippen molar-refractivity contribution in [2.75, 3.05) is 20.2 Å². The average molecular weight is 424 g/mol. The Balaban J connectivity index is 1.66. The van der Waals surface area contributed by atoms with Crippen LogP contribution in [-0.2, 0) is 9.53 Å². The third kappa shape index (κ3) is 5.64. The van der Waals surface area contributed by atoms with Gasteiger partial charge >= 0.3 is 5.97 Å². The highest BCUT2D eigenvalue weighted by atomic mass is 16.5. The summed E-state index contributed by atoms with van der Waals surface area (Å²) in [6.45, 7) is 11.2. The molecule has 0 aromatic rings. The molecule has 1 aliphatic carbocycles. The normalized spacial score (nSPS) is 26.1. The number of hydrogen-bond donors (Lipinski definition) is 2. The topological polar surface area (TPSA) is 74.2 Å². The van der Waals surface area contributed by atoms with Crippen molar-refractivity contribution < 1.29 is 14.6 Å². The molecule has 2 N–H and O–H groups in total. The molecule has 0 saturated carbocycles. The zero-order valence-corrected chi connectivity index (χ0v) is 18.5. The first kappa shape index (κ1) is 22.8. The predicted octanol–water partition coefficient (Wildman–Crippen LogP) is 3.83. The van der Waals surface area contributed by atoms with E-state index in [0.29, 0.717) is 12.5 Å². The highest BCUT2D eigenvalue weighted by molar-refractivity contribution is 5.81. The van der Waals surface area contributed by atoms with Crippen molar-refractivity contribution in [3.05, 3.63) is 72.3 Å². The summed E-state index contributed by atoms with van der Waals surface area (Å²) in [7, 11) is 2.10. The van der Waals surface area contributed by atoms with Gasteiger partial charge in [-0.15, -0.1) is 0 Å². The van der Waals surface area contributed by atoms with Crippen LogP contribution in [0.25, 0.3) is 0 Å². The number of hydrogen-bond acceptors (Lipinski definition) is 5. The van der Waals surface area contributed by atoms with Gasteiger partial charge in [0.1, 0.15) is 5.76 Å². The monoisotopic (exact) mass is 423 g/mol. The van der Waals surface area contributed by atoms with E-state index in [1.54, 1.807) is 24.6 Å². The summed E-state index contributed by atoms with van der Waals surface area (Å²) in [5.41, 5.74) is 3.48. The molecule has 0 aromatic heterocycles. The average Bonchev–Trinajstić information content (AvgIpc) is 2.80. The highest BCUT2D eigenvalue weighted by Crippen LogP contribution is 2.36. The lowest BCUT2D eigenvalue weighted by molar-refractivity contribution is -0.140. The Labute approximate surface area is 185 Å². The van der Waals surface area contributed by atoms with Crippen LogP contribution in [0.15, 0.2) is 77.3 Å². The van der Waals surface area contributed by atoms with Crippen LogP contribution in [0.2, 0.25) is 0 Å². The van der Waals surface area contributed by atoms with Crippen LogP contribution in [0.5, 0.6) is 0 Å². The number of allylic oxidation sites excluding steroid dienone is 5. The van der Waals surface area contributed by atoms with E-state index in [4.69, 9.17) is 4.74 Å². The SMILES string of the molecule is C=CC(=C)/C=C\C(C)N(C)C1=CC2=C(CC1)[C@H](CNC1C=NC=CC1C(=O)O)CCO2. The van der Waals surface area contributed by atoms with Gasteiger partial charge in [-0.1, -0.05) is 37.5 Å². The molecule has 6 nitrogen and oxygen atoms in total. The van der Waals surface area contributed by atoms with Crippen LogP contribution in [0.1, 0.15) is 26.2 Å². The Morgan fingerprint density at radius 2 is 2.29 bits per heavy atom. The smallest absolute Gasteiger partial charge is 0.312 e. The zero-order chi connectivity index (χ0) is 22.4. The number of likely N-dealkylation sites (N-methyl/N-ethyl adjacent to an activating group) is 1. The van der Waals surface area contributed by atoms with E-state index >= 15 is 0 Å². The molecule has 3 aliphatic rings. The number of rotatable bonds is 9.